The molecular weight excluding hydrogens is 380 g/mol. The normalized spacial score (nSPS) is 13.1. The molecule has 0 bridgehead atoms. The van der Waals surface area contributed by atoms with Crippen molar-refractivity contribution < 1.29 is 4.79 Å². The molecule has 4 aromatic rings. The SMILES string of the molecule is Cc1cccc(NC(=O)Cn2cnc(CN3CCn4nc(C)c5ncnc3c54)c2)c1. The minimum atomic E-state index is -0.0839. The summed E-state index contributed by atoms with van der Waals surface area (Å²) < 4.78 is 3.78. The summed E-state index contributed by atoms with van der Waals surface area (Å²) in [5.41, 5.74) is 5.57. The van der Waals surface area contributed by atoms with Crippen LogP contribution in [0.5, 0.6) is 0 Å². The number of anilines is 2. The van der Waals surface area contributed by atoms with Gasteiger partial charge < -0.3 is 14.8 Å². The summed E-state index contributed by atoms with van der Waals surface area (Å²) >= 11 is 0. The number of hydrogen-bond donors (Lipinski definition) is 1. The monoisotopic (exact) mass is 402 g/mol. The van der Waals surface area contributed by atoms with Crippen LogP contribution in [0, 0.1) is 13.8 Å². The zero-order valence-corrected chi connectivity index (χ0v) is 16.9. The topological polar surface area (TPSA) is 93.8 Å². The molecule has 3 aromatic heterocycles. The summed E-state index contributed by atoms with van der Waals surface area (Å²) in [5.74, 6) is 0.790. The van der Waals surface area contributed by atoms with Gasteiger partial charge in [0.25, 0.3) is 0 Å². The predicted octanol–water partition coefficient (Wildman–Crippen LogP) is 2.30. The molecule has 0 fully saturated rings. The average molecular weight is 402 g/mol. The molecule has 0 unspecified atom stereocenters. The first-order chi connectivity index (χ1) is 14.6. The predicted molar refractivity (Wildman–Crippen MR) is 113 cm³/mol. The first-order valence-corrected chi connectivity index (χ1v) is 9.87. The highest BCUT2D eigenvalue weighted by atomic mass is 16.1. The van der Waals surface area contributed by atoms with Gasteiger partial charge >= 0.3 is 0 Å². The second-order valence-corrected chi connectivity index (χ2v) is 7.58. The van der Waals surface area contributed by atoms with Crippen molar-refractivity contribution in [2.75, 3.05) is 16.8 Å². The lowest BCUT2D eigenvalue weighted by Gasteiger charge is -2.27. The molecule has 152 valence electrons. The van der Waals surface area contributed by atoms with Gasteiger partial charge in [0.15, 0.2) is 5.82 Å². The van der Waals surface area contributed by atoms with E-state index in [9.17, 15) is 4.79 Å². The molecule has 1 amide bonds. The van der Waals surface area contributed by atoms with Crippen LogP contribution < -0.4 is 10.2 Å². The molecule has 1 N–H and O–H groups in total. The zero-order valence-electron chi connectivity index (χ0n) is 16.9. The third-order valence-electron chi connectivity index (χ3n) is 5.22. The number of nitrogens with zero attached hydrogens (tertiary/aromatic N) is 7. The summed E-state index contributed by atoms with van der Waals surface area (Å²) in [7, 11) is 0. The third-order valence-corrected chi connectivity index (χ3v) is 5.22. The summed E-state index contributed by atoms with van der Waals surface area (Å²) in [5, 5.41) is 7.49. The molecular formula is C21H22N8O. The van der Waals surface area contributed by atoms with Crippen molar-refractivity contribution in [3.8, 4) is 0 Å². The Hall–Kier alpha value is -3.75. The van der Waals surface area contributed by atoms with Crippen LogP contribution in [0.4, 0.5) is 11.5 Å². The maximum absolute atomic E-state index is 12.4. The lowest BCUT2D eigenvalue weighted by molar-refractivity contribution is -0.116. The van der Waals surface area contributed by atoms with E-state index < -0.39 is 0 Å². The van der Waals surface area contributed by atoms with Crippen molar-refractivity contribution in [2.24, 2.45) is 0 Å². The van der Waals surface area contributed by atoms with Gasteiger partial charge in [0.1, 0.15) is 23.9 Å². The standard InChI is InChI=1S/C21H22N8O/c1-14-4-3-5-16(8-14)25-18(30)11-27-9-17(24-13-27)10-28-6-7-29-20-19(15(2)26-29)22-12-23-21(20)28/h3-5,8-9,12-13H,6-7,10-11H2,1-2H3,(H,25,30). The van der Waals surface area contributed by atoms with Gasteiger partial charge in [0.2, 0.25) is 5.91 Å². The highest BCUT2D eigenvalue weighted by Gasteiger charge is 2.24. The maximum atomic E-state index is 12.4. The third kappa shape index (κ3) is 3.38. The number of imidazole rings is 1. The molecule has 1 aromatic carbocycles. The molecule has 0 radical (unpaired) electrons. The molecule has 9 heteroatoms. The highest BCUT2D eigenvalue weighted by Crippen LogP contribution is 2.29. The Kier molecular flexibility index (Phi) is 4.42. The lowest BCUT2D eigenvalue weighted by Crippen LogP contribution is -2.32. The number of carbonyl (C=O) groups is 1. The van der Waals surface area contributed by atoms with Crippen molar-refractivity contribution >= 4 is 28.4 Å². The van der Waals surface area contributed by atoms with E-state index in [1.54, 1.807) is 17.2 Å². The quantitative estimate of drug-likeness (QED) is 0.551. The molecule has 0 aliphatic carbocycles. The van der Waals surface area contributed by atoms with Gasteiger partial charge in [-0.15, -0.1) is 0 Å². The molecule has 4 heterocycles. The van der Waals surface area contributed by atoms with Crippen LogP contribution in [0.3, 0.4) is 0 Å². The lowest BCUT2D eigenvalue weighted by atomic mass is 10.2. The fourth-order valence-electron chi connectivity index (χ4n) is 3.88. The fourth-order valence-corrected chi connectivity index (χ4v) is 3.88. The van der Waals surface area contributed by atoms with Gasteiger partial charge in [-0.25, -0.2) is 15.0 Å². The number of aryl methyl sites for hydroxylation is 2. The summed E-state index contributed by atoms with van der Waals surface area (Å²) in [4.78, 5) is 27.9. The van der Waals surface area contributed by atoms with Crippen LogP contribution in [0.1, 0.15) is 17.0 Å². The largest absolute Gasteiger partial charge is 0.347 e. The number of amides is 1. The number of rotatable bonds is 5. The minimum Gasteiger partial charge on any atom is -0.347 e. The van der Waals surface area contributed by atoms with Gasteiger partial charge in [-0.1, -0.05) is 12.1 Å². The second-order valence-electron chi connectivity index (χ2n) is 7.58. The van der Waals surface area contributed by atoms with Crippen LogP contribution in [0.2, 0.25) is 0 Å². The van der Waals surface area contributed by atoms with E-state index in [4.69, 9.17) is 0 Å². The van der Waals surface area contributed by atoms with E-state index in [2.05, 4.69) is 30.3 Å². The van der Waals surface area contributed by atoms with Crippen LogP contribution in [0.15, 0.2) is 43.1 Å². The Morgan fingerprint density at radius 3 is 2.93 bits per heavy atom. The zero-order chi connectivity index (χ0) is 20.7. The molecule has 9 nitrogen and oxygen atoms in total. The number of carbonyl (C=O) groups excluding carboxylic acids is 1. The number of hydrogen-bond acceptors (Lipinski definition) is 6. The van der Waals surface area contributed by atoms with Crippen LogP contribution in [-0.2, 0) is 24.4 Å². The van der Waals surface area contributed by atoms with Crippen LogP contribution in [0.25, 0.3) is 11.0 Å². The van der Waals surface area contributed by atoms with Gasteiger partial charge in [-0.2, -0.15) is 5.10 Å². The van der Waals surface area contributed by atoms with Crippen molar-refractivity contribution in [2.45, 2.75) is 33.5 Å². The summed E-state index contributed by atoms with van der Waals surface area (Å²) in [6.45, 7) is 6.37. The van der Waals surface area contributed by atoms with Crippen molar-refractivity contribution in [3.63, 3.8) is 0 Å². The van der Waals surface area contributed by atoms with Gasteiger partial charge in [0.05, 0.1) is 30.8 Å². The maximum Gasteiger partial charge on any atom is 0.244 e. The average Bonchev–Trinajstić information content (AvgIpc) is 3.29. The molecule has 0 spiro atoms. The molecule has 0 saturated carbocycles. The fraction of sp³-hybridized carbons (Fsp3) is 0.286. The van der Waals surface area contributed by atoms with Crippen molar-refractivity contribution in [3.05, 3.63) is 60.1 Å². The van der Waals surface area contributed by atoms with E-state index in [1.165, 1.54) is 0 Å². The molecule has 0 atom stereocenters. The smallest absolute Gasteiger partial charge is 0.244 e. The second kappa shape index (κ2) is 7.25. The Bertz CT molecular complexity index is 1240. The first kappa shape index (κ1) is 18.3. The van der Waals surface area contributed by atoms with E-state index in [1.807, 2.05) is 49.0 Å². The number of aromatic nitrogens is 6. The Labute approximate surface area is 173 Å². The highest BCUT2D eigenvalue weighted by molar-refractivity contribution is 5.90. The molecule has 1 aliphatic rings. The van der Waals surface area contributed by atoms with Crippen molar-refractivity contribution in [1.29, 1.82) is 0 Å². The van der Waals surface area contributed by atoms with Crippen LogP contribution in [-0.4, -0.2) is 41.8 Å². The molecule has 30 heavy (non-hydrogen) atoms. The van der Waals surface area contributed by atoms with Gasteiger partial charge in [0, 0.05) is 18.4 Å². The number of benzene rings is 1. The summed E-state index contributed by atoms with van der Waals surface area (Å²) in [6, 6.07) is 7.76. The van der Waals surface area contributed by atoms with Crippen molar-refractivity contribution in [1.82, 2.24) is 29.3 Å². The Morgan fingerprint density at radius 2 is 2.07 bits per heavy atom. The molecule has 5 rings (SSSR count). The minimum absolute atomic E-state index is 0.0839. The Morgan fingerprint density at radius 1 is 1.17 bits per heavy atom. The van der Waals surface area contributed by atoms with E-state index in [-0.39, 0.29) is 12.5 Å². The van der Waals surface area contributed by atoms with E-state index >= 15 is 0 Å². The molecule has 0 saturated heterocycles. The first-order valence-electron chi connectivity index (χ1n) is 9.87. The van der Waals surface area contributed by atoms with Gasteiger partial charge in [-0.05, 0) is 31.5 Å². The van der Waals surface area contributed by atoms with E-state index in [0.29, 0.717) is 6.54 Å². The molecule has 1 aliphatic heterocycles. The number of nitrogens with one attached hydrogen (secondary N) is 1. The van der Waals surface area contributed by atoms with Crippen LogP contribution >= 0.6 is 0 Å². The van der Waals surface area contributed by atoms with Gasteiger partial charge in [-0.3, -0.25) is 9.48 Å². The Balaban J connectivity index is 1.28. The summed E-state index contributed by atoms with van der Waals surface area (Å²) in [6.07, 6.45) is 5.19. The van der Waals surface area contributed by atoms with E-state index in [0.717, 1.165) is 52.6 Å².